The number of nitrogens with two attached hydrogens (primary N) is 1. The standard InChI is InChI=1S/C14H23ClN2S/c1-10(13-7-8-14(15)18-13)17(2)12-6-4-3-5-11(12)9-16/h7-8,10-12H,3-6,9,16H2,1-2H3. The van der Waals surface area contributed by atoms with Crippen LogP contribution in [-0.2, 0) is 0 Å². The van der Waals surface area contributed by atoms with Gasteiger partial charge in [-0.25, -0.2) is 0 Å². The van der Waals surface area contributed by atoms with Crippen molar-refractivity contribution in [3.63, 3.8) is 0 Å². The molecule has 1 aromatic rings. The average molecular weight is 287 g/mol. The first-order valence-corrected chi connectivity index (χ1v) is 8.00. The van der Waals surface area contributed by atoms with Crippen molar-refractivity contribution in [2.24, 2.45) is 11.7 Å². The predicted octanol–water partition coefficient (Wildman–Crippen LogP) is 3.91. The van der Waals surface area contributed by atoms with E-state index < -0.39 is 0 Å². The molecule has 1 aliphatic carbocycles. The summed E-state index contributed by atoms with van der Waals surface area (Å²) in [5, 5.41) is 0. The Bertz CT molecular complexity index is 380. The van der Waals surface area contributed by atoms with Gasteiger partial charge in [0.05, 0.1) is 4.34 Å². The van der Waals surface area contributed by atoms with Gasteiger partial charge in [0.15, 0.2) is 0 Å². The third kappa shape index (κ3) is 3.08. The maximum Gasteiger partial charge on any atom is 0.0931 e. The van der Waals surface area contributed by atoms with Crippen LogP contribution >= 0.6 is 22.9 Å². The lowest BCUT2D eigenvalue weighted by molar-refractivity contribution is 0.100. The Morgan fingerprint density at radius 3 is 2.78 bits per heavy atom. The highest BCUT2D eigenvalue weighted by atomic mass is 35.5. The monoisotopic (exact) mass is 286 g/mol. The molecule has 3 atom stereocenters. The average Bonchev–Trinajstić information content (AvgIpc) is 2.83. The van der Waals surface area contributed by atoms with E-state index in [9.17, 15) is 0 Å². The Kier molecular flexibility index (Phi) is 5.07. The highest BCUT2D eigenvalue weighted by Crippen LogP contribution is 2.35. The Labute approximate surface area is 119 Å². The smallest absolute Gasteiger partial charge is 0.0931 e. The van der Waals surface area contributed by atoms with Crippen LogP contribution in [-0.4, -0.2) is 24.5 Å². The highest BCUT2D eigenvalue weighted by Gasteiger charge is 2.30. The minimum absolute atomic E-state index is 0.430. The van der Waals surface area contributed by atoms with E-state index in [2.05, 4.69) is 24.9 Å². The molecule has 2 nitrogen and oxygen atoms in total. The Balaban J connectivity index is 2.07. The summed E-state index contributed by atoms with van der Waals surface area (Å²) in [7, 11) is 2.23. The van der Waals surface area contributed by atoms with E-state index in [0.29, 0.717) is 18.0 Å². The van der Waals surface area contributed by atoms with E-state index in [1.54, 1.807) is 11.3 Å². The third-order valence-electron chi connectivity index (χ3n) is 4.31. The zero-order chi connectivity index (χ0) is 13.1. The van der Waals surface area contributed by atoms with Gasteiger partial charge in [-0.2, -0.15) is 0 Å². The number of halogens is 1. The summed E-state index contributed by atoms with van der Waals surface area (Å²) in [6.45, 7) is 3.08. The second-order valence-corrected chi connectivity index (χ2v) is 7.08. The molecule has 1 fully saturated rings. The summed E-state index contributed by atoms with van der Waals surface area (Å²) >= 11 is 7.72. The van der Waals surface area contributed by atoms with Crippen LogP contribution in [0.3, 0.4) is 0 Å². The molecular formula is C14H23ClN2S. The minimum atomic E-state index is 0.430. The molecule has 1 heterocycles. The maximum absolute atomic E-state index is 6.03. The second kappa shape index (κ2) is 6.38. The van der Waals surface area contributed by atoms with Crippen LogP contribution < -0.4 is 5.73 Å². The predicted molar refractivity (Wildman–Crippen MR) is 80.3 cm³/mol. The normalized spacial score (nSPS) is 26.5. The number of hydrogen-bond acceptors (Lipinski definition) is 3. The number of thiophene rings is 1. The summed E-state index contributed by atoms with van der Waals surface area (Å²) in [6.07, 6.45) is 5.24. The molecule has 0 aliphatic heterocycles. The molecule has 0 aromatic carbocycles. The van der Waals surface area contributed by atoms with Crippen LogP contribution in [0, 0.1) is 5.92 Å². The van der Waals surface area contributed by atoms with Gasteiger partial charge in [0.2, 0.25) is 0 Å². The molecule has 1 aromatic heterocycles. The fraction of sp³-hybridized carbons (Fsp3) is 0.714. The fourth-order valence-electron chi connectivity index (χ4n) is 3.04. The molecule has 1 aliphatic rings. The molecule has 0 bridgehead atoms. The quantitative estimate of drug-likeness (QED) is 0.909. The van der Waals surface area contributed by atoms with Gasteiger partial charge in [0.1, 0.15) is 0 Å². The lowest BCUT2D eigenvalue weighted by atomic mass is 9.83. The molecule has 0 spiro atoms. The van der Waals surface area contributed by atoms with E-state index in [4.69, 9.17) is 17.3 Å². The van der Waals surface area contributed by atoms with E-state index in [0.717, 1.165) is 10.9 Å². The second-order valence-electron chi connectivity index (χ2n) is 5.33. The van der Waals surface area contributed by atoms with E-state index in [1.165, 1.54) is 30.6 Å². The van der Waals surface area contributed by atoms with Crippen molar-refractivity contribution in [2.75, 3.05) is 13.6 Å². The van der Waals surface area contributed by atoms with Crippen molar-refractivity contribution in [3.8, 4) is 0 Å². The van der Waals surface area contributed by atoms with Crippen LogP contribution in [0.5, 0.6) is 0 Å². The zero-order valence-electron chi connectivity index (χ0n) is 11.2. The van der Waals surface area contributed by atoms with Gasteiger partial charge in [-0.3, -0.25) is 4.90 Å². The molecule has 0 saturated heterocycles. The summed E-state index contributed by atoms with van der Waals surface area (Å²) < 4.78 is 0.879. The van der Waals surface area contributed by atoms with Crippen LogP contribution in [0.1, 0.15) is 43.5 Å². The first kappa shape index (κ1) is 14.3. The van der Waals surface area contributed by atoms with Crippen LogP contribution in [0.4, 0.5) is 0 Å². The molecule has 3 unspecified atom stereocenters. The Hall–Kier alpha value is -0.0900. The van der Waals surface area contributed by atoms with Gasteiger partial charge in [0.25, 0.3) is 0 Å². The molecule has 0 radical (unpaired) electrons. The minimum Gasteiger partial charge on any atom is -0.330 e. The summed E-state index contributed by atoms with van der Waals surface area (Å²) in [5.41, 5.74) is 5.93. The Morgan fingerprint density at radius 2 is 2.17 bits per heavy atom. The fourth-order valence-corrected chi connectivity index (χ4v) is 4.20. The highest BCUT2D eigenvalue weighted by molar-refractivity contribution is 7.16. The third-order valence-corrected chi connectivity index (χ3v) is 5.71. The van der Waals surface area contributed by atoms with Gasteiger partial charge >= 0.3 is 0 Å². The molecule has 1 saturated carbocycles. The van der Waals surface area contributed by atoms with Crippen molar-refractivity contribution in [3.05, 3.63) is 21.3 Å². The van der Waals surface area contributed by atoms with Crippen LogP contribution in [0.2, 0.25) is 4.34 Å². The molecule has 18 heavy (non-hydrogen) atoms. The molecule has 4 heteroatoms. The molecule has 2 N–H and O–H groups in total. The molecule has 2 rings (SSSR count). The number of rotatable bonds is 4. The van der Waals surface area contributed by atoms with Crippen molar-refractivity contribution in [2.45, 2.75) is 44.7 Å². The lowest BCUT2D eigenvalue weighted by Crippen LogP contribution is -2.43. The molecular weight excluding hydrogens is 264 g/mol. The van der Waals surface area contributed by atoms with Gasteiger partial charge < -0.3 is 5.73 Å². The van der Waals surface area contributed by atoms with Gasteiger partial charge in [0, 0.05) is 17.0 Å². The van der Waals surface area contributed by atoms with E-state index >= 15 is 0 Å². The lowest BCUT2D eigenvalue weighted by Gasteiger charge is -2.40. The van der Waals surface area contributed by atoms with Crippen LogP contribution in [0.25, 0.3) is 0 Å². The molecule has 0 amide bonds. The largest absolute Gasteiger partial charge is 0.330 e. The van der Waals surface area contributed by atoms with E-state index in [-0.39, 0.29) is 0 Å². The molecule has 102 valence electrons. The first-order chi connectivity index (χ1) is 8.63. The van der Waals surface area contributed by atoms with Crippen molar-refractivity contribution >= 4 is 22.9 Å². The summed E-state index contributed by atoms with van der Waals surface area (Å²) in [6, 6.07) is 5.20. The number of hydrogen-bond donors (Lipinski definition) is 1. The van der Waals surface area contributed by atoms with Crippen molar-refractivity contribution < 1.29 is 0 Å². The topological polar surface area (TPSA) is 29.3 Å². The Morgan fingerprint density at radius 1 is 1.44 bits per heavy atom. The van der Waals surface area contributed by atoms with Gasteiger partial charge in [-0.15, -0.1) is 11.3 Å². The van der Waals surface area contributed by atoms with Crippen LogP contribution in [0.15, 0.2) is 12.1 Å². The SMILES string of the molecule is CC(c1ccc(Cl)s1)N(C)C1CCCCC1CN. The summed E-state index contributed by atoms with van der Waals surface area (Å²) in [4.78, 5) is 3.85. The number of nitrogens with zero attached hydrogens (tertiary/aromatic N) is 1. The van der Waals surface area contributed by atoms with Crippen molar-refractivity contribution in [1.82, 2.24) is 4.90 Å². The maximum atomic E-state index is 6.03. The van der Waals surface area contributed by atoms with E-state index in [1.807, 2.05) is 6.07 Å². The first-order valence-electron chi connectivity index (χ1n) is 6.80. The zero-order valence-corrected chi connectivity index (χ0v) is 12.8. The van der Waals surface area contributed by atoms with Crippen molar-refractivity contribution in [1.29, 1.82) is 0 Å². The summed E-state index contributed by atoms with van der Waals surface area (Å²) in [5.74, 6) is 0.654. The van der Waals surface area contributed by atoms with Gasteiger partial charge in [-0.05, 0) is 51.4 Å². The van der Waals surface area contributed by atoms with Gasteiger partial charge in [-0.1, -0.05) is 24.4 Å².